The minimum absolute atomic E-state index is 0.0156. The second-order valence-electron chi connectivity index (χ2n) is 1.97. The van der Waals surface area contributed by atoms with Gasteiger partial charge in [0.25, 0.3) is 0 Å². The van der Waals surface area contributed by atoms with Gasteiger partial charge in [0, 0.05) is 4.91 Å². The van der Waals surface area contributed by atoms with Crippen molar-refractivity contribution in [3.05, 3.63) is 27.9 Å². The third-order valence-corrected chi connectivity index (χ3v) is 1.16. The average Bonchev–Trinajstić information content (AvgIpc) is 2.48. The lowest BCUT2D eigenvalue weighted by molar-refractivity contribution is 0.0690. The Labute approximate surface area is 66.6 Å². The van der Waals surface area contributed by atoms with Crippen molar-refractivity contribution in [2.75, 3.05) is 0 Å². The van der Waals surface area contributed by atoms with Gasteiger partial charge in [0.05, 0.1) is 12.2 Å². The van der Waals surface area contributed by atoms with Crippen molar-refractivity contribution in [3.63, 3.8) is 0 Å². The van der Waals surface area contributed by atoms with Gasteiger partial charge in [0.2, 0.25) is 0 Å². The first-order valence-electron chi connectivity index (χ1n) is 3.02. The van der Waals surface area contributed by atoms with E-state index in [0.29, 0.717) is 5.69 Å². The van der Waals surface area contributed by atoms with E-state index in [1.807, 2.05) is 0 Å². The van der Waals surface area contributed by atoms with Crippen molar-refractivity contribution in [2.45, 2.75) is 6.54 Å². The van der Waals surface area contributed by atoms with Crippen molar-refractivity contribution in [2.24, 2.45) is 5.11 Å². The molecule has 0 aromatic carbocycles. The lowest BCUT2D eigenvalue weighted by Gasteiger charge is -1.80. The first-order valence-corrected chi connectivity index (χ1v) is 3.02. The van der Waals surface area contributed by atoms with Crippen molar-refractivity contribution in [1.29, 1.82) is 0 Å². The minimum atomic E-state index is -1.09. The van der Waals surface area contributed by atoms with E-state index >= 15 is 0 Å². The van der Waals surface area contributed by atoms with Crippen LogP contribution in [-0.2, 0) is 6.54 Å². The van der Waals surface area contributed by atoms with Gasteiger partial charge in [-0.1, -0.05) is 5.11 Å². The number of H-pyrrole nitrogens is 1. The predicted molar refractivity (Wildman–Crippen MR) is 38.4 cm³/mol. The van der Waals surface area contributed by atoms with Gasteiger partial charge in [-0.3, -0.25) is 5.10 Å². The van der Waals surface area contributed by atoms with Gasteiger partial charge < -0.3 is 5.11 Å². The molecule has 7 nitrogen and oxygen atoms in total. The molecule has 1 heterocycles. The summed E-state index contributed by atoms with van der Waals surface area (Å²) < 4.78 is 0. The van der Waals surface area contributed by atoms with E-state index in [1.165, 1.54) is 6.07 Å². The van der Waals surface area contributed by atoms with Crippen LogP contribution in [0.2, 0.25) is 0 Å². The predicted octanol–water partition coefficient (Wildman–Crippen LogP) is 0.918. The second kappa shape index (κ2) is 3.40. The van der Waals surface area contributed by atoms with Gasteiger partial charge in [0.1, 0.15) is 5.69 Å². The average molecular weight is 167 g/mol. The molecular formula is C5H5N5O2. The standard InChI is InChI=1S/C5H5N5O2/c6-10-7-2-3-1-4(5(11)12)9-8-3/h1H,2H2,(H,8,9)(H,11,12). The summed E-state index contributed by atoms with van der Waals surface area (Å²) in [4.78, 5) is 12.8. The monoisotopic (exact) mass is 167 g/mol. The highest BCUT2D eigenvalue weighted by Crippen LogP contribution is 2.00. The van der Waals surface area contributed by atoms with Crippen LogP contribution in [0, 0.1) is 0 Å². The Balaban J connectivity index is 2.77. The molecule has 12 heavy (non-hydrogen) atoms. The number of rotatable bonds is 3. The summed E-state index contributed by atoms with van der Waals surface area (Å²) in [7, 11) is 0. The number of nitrogens with zero attached hydrogens (tertiary/aromatic N) is 4. The van der Waals surface area contributed by atoms with E-state index < -0.39 is 5.97 Å². The number of carboxylic acid groups (broad SMARTS) is 1. The number of carbonyl (C=O) groups is 1. The summed E-state index contributed by atoms with van der Waals surface area (Å²) in [6, 6.07) is 1.32. The molecule has 7 heteroatoms. The van der Waals surface area contributed by atoms with E-state index in [1.54, 1.807) is 0 Å². The number of aromatic carboxylic acids is 1. The van der Waals surface area contributed by atoms with Gasteiger partial charge in [-0.2, -0.15) is 5.10 Å². The molecular weight excluding hydrogens is 162 g/mol. The molecule has 0 bridgehead atoms. The Morgan fingerprint density at radius 1 is 1.92 bits per heavy atom. The molecule has 1 rings (SSSR count). The molecule has 0 saturated carbocycles. The van der Waals surface area contributed by atoms with Gasteiger partial charge in [-0.15, -0.1) is 0 Å². The zero-order valence-corrected chi connectivity index (χ0v) is 5.93. The summed E-state index contributed by atoms with van der Waals surface area (Å²) in [5, 5.41) is 17.6. The highest BCUT2D eigenvalue weighted by atomic mass is 16.4. The van der Waals surface area contributed by atoms with Crippen LogP contribution in [0.3, 0.4) is 0 Å². The number of aromatic amines is 1. The van der Waals surface area contributed by atoms with Gasteiger partial charge in [-0.05, 0) is 11.6 Å². The zero-order valence-electron chi connectivity index (χ0n) is 5.93. The lowest BCUT2D eigenvalue weighted by Crippen LogP contribution is -1.95. The minimum Gasteiger partial charge on any atom is -0.477 e. The molecule has 0 amide bonds. The Morgan fingerprint density at radius 2 is 2.67 bits per heavy atom. The number of hydrogen-bond acceptors (Lipinski definition) is 3. The Bertz CT molecular complexity index is 337. The van der Waals surface area contributed by atoms with Crippen molar-refractivity contribution in [3.8, 4) is 0 Å². The first kappa shape index (κ1) is 8.09. The fourth-order valence-corrected chi connectivity index (χ4v) is 0.658. The Morgan fingerprint density at radius 3 is 3.17 bits per heavy atom. The van der Waals surface area contributed by atoms with Crippen LogP contribution >= 0.6 is 0 Å². The molecule has 0 radical (unpaired) electrons. The fourth-order valence-electron chi connectivity index (χ4n) is 0.658. The van der Waals surface area contributed by atoms with Crippen molar-refractivity contribution >= 4 is 5.97 Å². The molecule has 0 aliphatic carbocycles. The van der Waals surface area contributed by atoms with Crippen LogP contribution in [0.25, 0.3) is 10.4 Å². The van der Waals surface area contributed by atoms with Crippen LogP contribution in [0.1, 0.15) is 16.2 Å². The third-order valence-electron chi connectivity index (χ3n) is 1.16. The third kappa shape index (κ3) is 1.74. The number of hydrogen-bond donors (Lipinski definition) is 2. The van der Waals surface area contributed by atoms with Gasteiger partial charge >= 0.3 is 5.97 Å². The quantitative estimate of drug-likeness (QED) is 0.396. The van der Waals surface area contributed by atoms with E-state index in [0.717, 1.165) is 0 Å². The Hall–Kier alpha value is -2.01. The molecule has 0 aliphatic heterocycles. The van der Waals surface area contributed by atoms with Crippen LogP contribution in [-0.4, -0.2) is 21.3 Å². The van der Waals surface area contributed by atoms with Crippen LogP contribution in [0.15, 0.2) is 11.2 Å². The second-order valence-corrected chi connectivity index (χ2v) is 1.97. The number of aromatic nitrogens is 2. The number of azide groups is 1. The van der Waals surface area contributed by atoms with E-state index in [2.05, 4.69) is 20.2 Å². The maximum absolute atomic E-state index is 10.3. The normalized spacial score (nSPS) is 9.00. The highest BCUT2D eigenvalue weighted by molar-refractivity contribution is 5.85. The topological polar surface area (TPSA) is 115 Å². The zero-order chi connectivity index (χ0) is 8.97. The molecule has 0 atom stereocenters. The SMILES string of the molecule is [N-]=[N+]=NCc1cc(C(=O)O)[nH]n1. The Kier molecular flexibility index (Phi) is 2.29. The molecule has 1 aromatic heterocycles. The van der Waals surface area contributed by atoms with E-state index in [4.69, 9.17) is 10.6 Å². The van der Waals surface area contributed by atoms with E-state index in [9.17, 15) is 4.79 Å². The van der Waals surface area contributed by atoms with Crippen LogP contribution in [0.4, 0.5) is 0 Å². The summed E-state index contributed by atoms with van der Waals surface area (Å²) in [6.07, 6.45) is 0. The first-order chi connectivity index (χ1) is 5.74. The maximum Gasteiger partial charge on any atom is 0.353 e. The summed E-state index contributed by atoms with van der Waals surface area (Å²) in [6.45, 7) is 0.0558. The molecule has 1 aromatic rings. The molecule has 0 saturated heterocycles. The molecule has 0 aliphatic rings. The lowest BCUT2D eigenvalue weighted by atomic mass is 10.3. The van der Waals surface area contributed by atoms with Crippen LogP contribution < -0.4 is 0 Å². The van der Waals surface area contributed by atoms with Gasteiger partial charge in [-0.25, -0.2) is 4.79 Å². The summed E-state index contributed by atoms with van der Waals surface area (Å²) in [5.74, 6) is -1.09. The van der Waals surface area contributed by atoms with E-state index in [-0.39, 0.29) is 12.2 Å². The summed E-state index contributed by atoms with van der Waals surface area (Å²) in [5.41, 5.74) is 8.34. The largest absolute Gasteiger partial charge is 0.477 e. The molecule has 2 N–H and O–H groups in total. The van der Waals surface area contributed by atoms with Gasteiger partial charge in [0.15, 0.2) is 0 Å². The molecule has 0 spiro atoms. The fraction of sp³-hybridized carbons (Fsp3) is 0.200. The number of nitrogens with one attached hydrogen (secondary N) is 1. The van der Waals surface area contributed by atoms with Crippen molar-refractivity contribution < 1.29 is 9.90 Å². The number of carboxylic acids is 1. The smallest absolute Gasteiger partial charge is 0.353 e. The molecule has 0 fully saturated rings. The summed E-state index contributed by atoms with van der Waals surface area (Å²) >= 11 is 0. The van der Waals surface area contributed by atoms with Crippen LogP contribution in [0.5, 0.6) is 0 Å². The highest BCUT2D eigenvalue weighted by Gasteiger charge is 2.05. The van der Waals surface area contributed by atoms with Crippen molar-refractivity contribution in [1.82, 2.24) is 10.2 Å². The molecule has 62 valence electrons. The molecule has 0 unspecified atom stereocenters. The maximum atomic E-state index is 10.3.